The summed E-state index contributed by atoms with van der Waals surface area (Å²) in [7, 11) is 0. The molecule has 0 amide bonds. The third-order valence-electron chi connectivity index (χ3n) is 4.45. The van der Waals surface area contributed by atoms with Gasteiger partial charge in [-0.05, 0) is 38.3 Å². The number of hydrogen-bond acceptors (Lipinski definition) is 3. The van der Waals surface area contributed by atoms with Gasteiger partial charge in [0.15, 0.2) is 0 Å². The first-order chi connectivity index (χ1) is 9.33. The number of hydrogen-bond donors (Lipinski definition) is 0. The SMILES string of the molecule is CCCCC(CC)CN1CCC(c2nccs2)CC1. The zero-order chi connectivity index (χ0) is 13.5. The van der Waals surface area contributed by atoms with E-state index < -0.39 is 0 Å². The first-order valence-electron chi connectivity index (χ1n) is 7.95. The van der Waals surface area contributed by atoms with Crippen LogP contribution in [0.3, 0.4) is 0 Å². The quantitative estimate of drug-likeness (QED) is 0.729. The normalized spacial score (nSPS) is 19.7. The molecule has 1 aromatic rings. The molecule has 1 unspecified atom stereocenters. The van der Waals surface area contributed by atoms with Gasteiger partial charge in [0.05, 0.1) is 5.01 Å². The molecule has 3 heteroatoms. The Morgan fingerprint density at radius 3 is 2.74 bits per heavy atom. The van der Waals surface area contributed by atoms with Crippen LogP contribution >= 0.6 is 11.3 Å². The van der Waals surface area contributed by atoms with Gasteiger partial charge in [-0.15, -0.1) is 11.3 Å². The van der Waals surface area contributed by atoms with E-state index in [-0.39, 0.29) is 0 Å². The molecule has 108 valence electrons. The minimum Gasteiger partial charge on any atom is -0.303 e. The van der Waals surface area contributed by atoms with E-state index in [1.807, 2.05) is 17.5 Å². The monoisotopic (exact) mass is 280 g/mol. The summed E-state index contributed by atoms with van der Waals surface area (Å²) in [5.41, 5.74) is 0. The molecule has 2 heterocycles. The summed E-state index contributed by atoms with van der Waals surface area (Å²) in [6.07, 6.45) is 10.0. The van der Waals surface area contributed by atoms with Gasteiger partial charge in [0.2, 0.25) is 0 Å². The number of aromatic nitrogens is 1. The second-order valence-electron chi connectivity index (χ2n) is 5.86. The number of rotatable bonds is 7. The highest BCUT2D eigenvalue weighted by atomic mass is 32.1. The molecule has 1 atom stereocenters. The van der Waals surface area contributed by atoms with Crippen LogP contribution in [-0.2, 0) is 0 Å². The van der Waals surface area contributed by atoms with Crippen LogP contribution < -0.4 is 0 Å². The average molecular weight is 280 g/mol. The Balaban J connectivity index is 1.73. The molecule has 0 spiro atoms. The first-order valence-corrected chi connectivity index (χ1v) is 8.83. The minimum atomic E-state index is 0.729. The van der Waals surface area contributed by atoms with E-state index in [4.69, 9.17) is 0 Å². The molecule has 0 aliphatic carbocycles. The van der Waals surface area contributed by atoms with E-state index in [2.05, 4.69) is 29.1 Å². The Morgan fingerprint density at radius 2 is 2.16 bits per heavy atom. The van der Waals surface area contributed by atoms with Crippen molar-refractivity contribution in [2.75, 3.05) is 19.6 Å². The van der Waals surface area contributed by atoms with Crippen molar-refractivity contribution in [3.05, 3.63) is 16.6 Å². The Kier molecular flexibility index (Phi) is 6.32. The zero-order valence-electron chi connectivity index (χ0n) is 12.5. The van der Waals surface area contributed by atoms with Crippen molar-refractivity contribution in [1.82, 2.24) is 9.88 Å². The molecule has 2 rings (SSSR count). The van der Waals surface area contributed by atoms with E-state index in [1.54, 1.807) is 0 Å². The molecule has 1 aliphatic heterocycles. The average Bonchev–Trinajstić information content (AvgIpc) is 2.98. The standard InChI is InChI=1S/C16H28N2S/c1-3-5-6-14(4-2)13-18-10-7-15(8-11-18)16-17-9-12-19-16/h9,12,14-15H,3-8,10-11,13H2,1-2H3. The van der Waals surface area contributed by atoms with Gasteiger partial charge in [0.25, 0.3) is 0 Å². The lowest BCUT2D eigenvalue weighted by Gasteiger charge is -2.33. The van der Waals surface area contributed by atoms with Gasteiger partial charge in [-0.3, -0.25) is 0 Å². The van der Waals surface area contributed by atoms with Crippen molar-refractivity contribution in [3.63, 3.8) is 0 Å². The molecule has 0 saturated carbocycles. The fourth-order valence-corrected chi connectivity index (χ4v) is 3.89. The van der Waals surface area contributed by atoms with Crippen LogP contribution in [-0.4, -0.2) is 29.5 Å². The molecule has 19 heavy (non-hydrogen) atoms. The smallest absolute Gasteiger partial charge is 0.0956 e. The van der Waals surface area contributed by atoms with Gasteiger partial charge < -0.3 is 4.90 Å². The maximum atomic E-state index is 4.48. The summed E-state index contributed by atoms with van der Waals surface area (Å²) in [5.74, 6) is 1.64. The molecule has 2 nitrogen and oxygen atoms in total. The molecule has 0 bridgehead atoms. The Bertz CT molecular complexity index is 329. The second kappa shape index (κ2) is 8.01. The van der Waals surface area contributed by atoms with E-state index in [1.165, 1.54) is 63.2 Å². The molecule has 0 radical (unpaired) electrons. The lowest BCUT2D eigenvalue weighted by Crippen LogP contribution is -2.36. The van der Waals surface area contributed by atoms with Gasteiger partial charge >= 0.3 is 0 Å². The highest BCUT2D eigenvalue weighted by Gasteiger charge is 2.23. The molecular weight excluding hydrogens is 252 g/mol. The number of piperidine rings is 1. The number of likely N-dealkylation sites (tertiary alicyclic amines) is 1. The predicted molar refractivity (Wildman–Crippen MR) is 83.8 cm³/mol. The third kappa shape index (κ3) is 4.57. The molecule has 0 N–H and O–H groups in total. The lowest BCUT2D eigenvalue weighted by atomic mass is 9.94. The largest absolute Gasteiger partial charge is 0.303 e. The maximum Gasteiger partial charge on any atom is 0.0956 e. The molecule has 0 aromatic carbocycles. The first kappa shape index (κ1) is 15.0. The van der Waals surface area contributed by atoms with Crippen molar-refractivity contribution in [2.45, 2.75) is 58.3 Å². The summed E-state index contributed by atoms with van der Waals surface area (Å²) >= 11 is 1.83. The number of nitrogens with zero attached hydrogens (tertiary/aromatic N) is 2. The Morgan fingerprint density at radius 1 is 1.37 bits per heavy atom. The summed E-state index contributed by atoms with van der Waals surface area (Å²) in [5, 5.41) is 3.47. The molecular formula is C16H28N2S. The van der Waals surface area contributed by atoms with E-state index in [0.29, 0.717) is 0 Å². The summed E-state index contributed by atoms with van der Waals surface area (Å²) < 4.78 is 0. The highest BCUT2D eigenvalue weighted by Crippen LogP contribution is 2.30. The van der Waals surface area contributed by atoms with Crippen LogP contribution in [0.4, 0.5) is 0 Å². The number of unbranched alkanes of at least 4 members (excludes halogenated alkanes) is 1. The van der Waals surface area contributed by atoms with Crippen molar-refractivity contribution in [3.8, 4) is 0 Å². The van der Waals surface area contributed by atoms with Gasteiger partial charge in [-0.1, -0.05) is 33.1 Å². The van der Waals surface area contributed by atoms with Gasteiger partial charge in [0.1, 0.15) is 0 Å². The Hall–Kier alpha value is -0.410. The second-order valence-corrected chi connectivity index (χ2v) is 6.79. The minimum absolute atomic E-state index is 0.729. The topological polar surface area (TPSA) is 16.1 Å². The molecule has 1 aliphatic rings. The van der Waals surface area contributed by atoms with Crippen LogP contribution in [0.5, 0.6) is 0 Å². The fourth-order valence-electron chi connectivity index (χ4n) is 3.08. The van der Waals surface area contributed by atoms with Crippen molar-refractivity contribution in [2.24, 2.45) is 5.92 Å². The van der Waals surface area contributed by atoms with Crippen LogP contribution in [0.25, 0.3) is 0 Å². The van der Waals surface area contributed by atoms with Crippen LogP contribution in [0.2, 0.25) is 0 Å². The lowest BCUT2D eigenvalue weighted by molar-refractivity contribution is 0.175. The third-order valence-corrected chi connectivity index (χ3v) is 5.39. The summed E-state index contributed by atoms with van der Waals surface area (Å²) in [4.78, 5) is 7.17. The van der Waals surface area contributed by atoms with Crippen LogP contribution in [0.15, 0.2) is 11.6 Å². The van der Waals surface area contributed by atoms with Crippen LogP contribution in [0, 0.1) is 5.92 Å². The van der Waals surface area contributed by atoms with Gasteiger partial charge in [-0.2, -0.15) is 0 Å². The highest BCUT2D eigenvalue weighted by molar-refractivity contribution is 7.09. The number of thiazole rings is 1. The van der Waals surface area contributed by atoms with E-state index in [0.717, 1.165) is 11.8 Å². The van der Waals surface area contributed by atoms with Crippen LogP contribution in [0.1, 0.15) is 63.3 Å². The maximum absolute atomic E-state index is 4.48. The molecule has 1 saturated heterocycles. The van der Waals surface area contributed by atoms with Crippen molar-refractivity contribution >= 4 is 11.3 Å². The molecule has 1 fully saturated rings. The van der Waals surface area contributed by atoms with Crippen molar-refractivity contribution in [1.29, 1.82) is 0 Å². The fraction of sp³-hybridized carbons (Fsp3) is 0.812. The summed E-state index contributed by atoms with van der Waals surface area (Å²) in [6.45, 7) is 8.51. The van der Waals surface area contributed by atoms with E-state index >= 15 is 0 Å². The van der Waals surface area contributed by atoms with Gasteiger partial charge in [-0.25, -0.2) is 4.98 Å². The summed E-state index contributed by atoms with van der Waals surface area (Å²) in [6, 6.07) is 0. The van der Waals surface area contributed by atoms with Gasteiger partial charge in [0, 0.05) is 24.0 Å². The molecule has 1 aromatic heterocycles. The zero-order valence-corrected chi connectivity index (χ0v) is 13.3. The van der Waals surface area contributed by atoms with Crippen molar-refractivity contribution < 1.29 is 0 Å². The predicted octanol–water partition coefficient (Wildman–Crippen LogP) is 4.54. The Labute approximate surface area is 122 Å². The van der Waals surface area contributed by atoms with E-state index in [9.17, 15) is 0 Å².